The standard InChI is InChI=1S/C13H11N3O2/c17-16(18)12-7-10(9-3-4-9)6-11(8-12)13-2-1-5-14-15-13/h1-2,5-9H,3-4H2. The summed E-state index contributed by atoms with van der Waals surface area (Å²) in [5.74, 6) is 0.473. The molecule has 0 saturated heterocycles. The maximum atomic E-state index is 10.9. The Kier molecular flexibility index (Phi) is 2.51. The van der Waals surface area contributed by atoms with Gasteiger partial charge in [-0.05, 0) is 42.5 Å². The van der Waals surface area contributed by atoms with Crippen molar-refractivity contribution in [2.75, 3.05) is 0 Å². The predicted octanol–water partition coefficient (Wildman–Crippen LogP) is 2.93. The maximum absolute atomic E-state index is 10.9. The molecule has 2 aromatic rings. The van der Waals surface area contributed by atoms with Crippen LogP contribution in [0.3, 0.4) is 0 Å². The molecular weight excluding hydrogens is 230 g/mol. The van der Waals surface area contributed by atoms with Crippen LogP contribution in [0.1, 0.15) is 24.3 Å². The van der Waals surface area contributed by atoms with Crippen molar-refractivity contribution in [3.8, 4) is 11.3 Å². The molecule has 1 aromatic heterocycles. The predicted molar refractivity (Wildman–Crippen MR) is 66.1 cm³/mol. The second-order valence-electron chi connectivity index (χ2n) is 4.45. The summed E-state index contributed by atoms with van der Waals surface area (Å²) in [4.78, 5) is 10.6. The summed E-state index contributed by atoms with van der Waals surface area (Å²) in [7, 11) is 0. The molecule has 1 heterocycles. The van der Waals surface area contributed by atoms with E-state index in [-0.39, 0.29) is 10.6 Å². The molecule has 0 bridgehead atoms. The Morgan fingerprint density at radius 1 is 1.28 bits per heavy atom. The van der Waals surface area contributed by atoms with E-state index in [0.717, 1.165) is 24.0 Å². The van der Waals surface area contributed by atoms with E-state index in [0.29, 0.717) is 11.6 Å². The van der Waals surface area contributed by atoms with Gasteiger partial charge in [-0.1, -0.05) is 0 Å². The first-order valence-electron chi connectivity index (χ1n) is 5.81. The fraction of sp³-hybridized carbons (Fsp3) is 0.231. The summed E-state index contributed by atoms with van der Waals surface area (Å²) >= 11 is 0. The van der Waals surface area contributed by atoms with Crippen molar-refractivity contribution in [1.29, 1.82) is 0 Å². The second-order valence-corrected chi connectivity index (χ2v) is 4.45. The zero-order chi connectivity index (χ0) is 12.5. The number of non-ortho nitro benzene ring substituents is 1. The van der Waals surface area contributed by atoms with E-state index in [2.05, 4.69) is 10.2 Å². The van der Waals surface area contributed by atoms with E-state index in [9.17, 15) is 10.1 Å². The van der Waals surface area contributed by atoms with Crippen molar-refractivity contribution < 1.29 is 4.92 Å². The SMILES string of the molecule is O=[N+]([O-])c1cc(-c2cccnn2)cc(C2CC2)c1. The average Bonchev–Trinajstić information content (AvgIpc) is 3.23. The Hall–Kier alpha value is -2.30. The molecule has 1 fully saturated rings. The van der Waals surface area contributed by atoms with Crippen molar-refractivity contribution in [2.24, 2.45) is 0 Å². The first kappa shape index (κ1) is 10.8. The minimum Gasteiger partial charge on any atom is -0.258 e. The van der Waals surface area contributed by atoms with Crippen LogP contribution in [0.5, 0.6) is 0 Å². The van der Waals surface area contributed by atoms with Crippen molar-refractivity contribution in [3.05, 3.63) is 52.2 Å². The second kappa shape index (κ2) is 4.18. The van der Waals surface area contributed by atoms with Gasteiger partial charge in [0.2, 0.25) is 0 Å². The van der Waals surface area contributed by atoms with Gasteiger partial charge in [-0.25, -0.2) is 0 Å². The quantitative estimate of drug-likeness (QED) is 0.612. The number of nitro groups is 1. The normalized spacial score (nSPS) is 14.4. The van der Waals surface area contributed by atoms with Crippen LogP contribution in [0.15, 0.2) is 36.5 Å². The van der Waals surface area contributed by atoms with E-state index in [1.54, 1.807) is 24.4 Å². The lowest BCUT2D eigenvalue weighted by atomic mass is 10.0. The van der Waals surface area contributed by atoms with Crippen LogP contribution in [0.25, 0.3) is 11.3 Å². The molecule has 1 aromatic carbocycles. The first-order valence-corrected chi connectivity index (χ1v) is 5.81. The summed E-state index contributed by atoms with van der Waals surface area (Å²) in [6.45, 7) is 0. The molecule has 0 amide bonds. The average molecular weight is 241 g/mol. The van der Waals surface area contributed by atoms with E-state index in [1.807, 2.05) is 12.1 Å². The van der Waals surface area contributed by atoms with Gasteiger partial charge >= 0.3 is 0 Å². The van der Waals surface area contributed by atoms with Crippen LogP contribution in [0.4, 0.5) is 5.69 Å². The molecule has 0 unspecified atom stereocenters. The van der Waals surface area contributed by atoms with Crippen LogP contribution >= 0.6 is 0 Å². The van der Waals surface area contributed by atoms with Gasteiger partial charge in [0, 0.05) is 23.9 Å². The lowest BCUT2D eigenvalue weighted by molar-refractivity contribution is -0.384. The Balaban J connectivity index is 2.11. The molecule has 1 aliphatic rings. The molecule has 18 heavy (non-hydrogen) atoms. The van der Waals surface area contributed by atoms with Crippen molar-refractivity contribution in [3.63, 3.8) is 0 Å². The summed E-state index contributed by atoms with van der Waals surface area (Å²) < 4.78 is 0. The van der Waals surface area contributed by atoms with Crippen molar-refractivity contribution >= 4 is 5.69 Å². The van der Waals surface area contributed by atoms with Gasteiger partial charge in [0.1, 0.15) is 0 Å². The number of nitro benzene ring substituents is 1. The fourth-order valence-corrected chi connectivity index (χ4v) is 2.00. The van der Waals surface area contributed by atoms with Crippen LogP contribution in [-0.2, 0) is 0 Å². The van der Waals surface area contributed by atoms with Crippen molar-refractivity contribution in [1.82, 2.24) is 10.2 Å². The smallest absolute Gasteiger partial charge is 0.258 e. The van der Waals surface area contributed by atoms with Gasteiger partial charge in [-0.3, -0.25) is 10.1 Å². The summed E-state index contributed by atoms with van der Waals surface area (Å²) in [6.07, 6.45) is 3.81. The Morgan fingerprint density at radius 2 is 2.11 bits per heavy atom. The minimum absolute atomic E-state index is 0.125. The molecule has 5 nitrogen and oxygen atoms in total. The maximum Gasteiger partial charge on any atom is 0.270 e. The molecule has 0 spiro atoms. The molecule has 0 atom stereocenters. The zero-order valence-corrected chi connectivity index (χ0v) is 9.61. The van der Waals surface area contributed by atoms with Gasteiger partial charge in [0.05, 0.1) is 10.6 Å². The van der Waals surface area contributed by atoms with Gasteiger partial charge in [0.25, 0.3) is 5.69 Å². The largest absolute Gasteiger partial charge is 0.270 e. The van der Waals surface area contributed by atoms with Crippen LogP contribution < -0.4 is 0 Å². The number of aromatic nitrogens is 2. The highest BCUT2D eigenvalue weighted by molar-refractivity contribution is 5.64. The minimum atomic E-state index is -0.355. The highest BCUT2D eigenvalue weighted by atomic mass is 16.6. The fourth-order valence-electron chi connectivity index (χ4n) is 2.00. The lowest BCUT2D eigenvalue weighted by Crippen LogP contribution is -1.93. The number of rotatable bonds is 3. The summed E-state index contributed by atoms with van der Waals surface area (Å²) in [6, 6.07) is 8.78. The zero-order valence-electron chi connectivity index (χ0n) is 9.61. The van der Waals surface area contributed by atoms with E-state index in [4.69, 9.17) is 0 Å². The molecule has 3 rings (SSSR count). The number of hydrogen-bond acceptors (Lipinski definition) is 4. The van der Waals surface area contributed by atoms with Crippen LogP contribution in [0.2, 0.25) is 0 Å². The summed E-state index contributed by atoms with van der Waals surface area (Å²) in [5, 5.41) is 18.8. The molecule has 0 aliphatic heterocycles. The monoisotopic (exact) mass is 241 g/mol. The number of benzene rings is 1. The first-order chi connectivity index (χ1) is 8.74. The molecule has 1 aliphatic carbocycles. The third-order valence-corrected chi connectivity index (χ3v) is 3.07. The van der Waals surface area contributed by atoms with Crippen molar-refractivity contribution in [2.45, 2.75) is 18.8 Å². The molecule has 0 N–H and O–H groups in total. The summed E-state index contributed by atoms with van der Waals surface area (Å²) in [5.41, 5.74) is 2.59. The van der Waals surface area contributed by atoms with E-state index < -0.39 is 0 Å². The third-order valence-electron chi connectivity index (χ3n) is 3.07. The van der Waals surface area contributed by atoms with Gasteiger partial charge in [0.15, 0.2) is 0 Å². The van der Waals surface area contributed by atoms with E-state index in [1.165, 1.54) is 0 Å². The molecule has 5 heteroatoms. The molecule has 1 saturated carbocycles. The Bertz CT molecular complexity index is 594. The molecule has 90 valence electrons. The van der Waals surface area contributed by atoms with E-state index >= 15 is 0 Å². The highest BCUT2D eigenvalue weighted by Crippen LogP contribution is 2.42. The highest BCUT2D eigenvalue weighted by Gasteiger charge is 2.26. The lowest BCUT2D eigenvalue weighted by Gasteiger charge is -2.04. The van der Waals surface area contributed by atoms with Gasteiger partial charge < -0.3 is 0 Å². The van der Waals surface area contributed by atoms with Crippen LogP contribution in [0, 0.1) is 10.1 Å². The number of hydrogen-bond donors (Lipinski definition) is 0. The Morgan fingerprint density at radius 3 is 2.72 bits per heavy atom. The number of nitrogens with zero attached hydrogens (tertiary/aromatic N) is 3. The molecule has 0 radical (unpaired) electrons. The third kappa shape index (κ3) is 2.07. The Labute approximate surface area is 104 Å². The van der Waals surface area contributed by atoms with Crippen LogP contribution in [-0.4, -0.2) is 15.1 Å². The topological polar surface area (TPSA) is 68.9 Å². The van der Waals surface area contributed by atoms with Gasteiger partial charge in [-0.2, -0.15) is 10.2 Å². The van der Waals surface area contributed by atoms with Gasteiger partial charge in [-0.15, -0.1) is 0 Å². The molecular formula is C13H11N3O2.